The smallest absolute Gasteiger partial charge is 0.306 e. The summed E-state index contributed by atoms with van der Waals surface area (Å²) in [5.74, 6) is -2.41. The maximum Gasteiger partial charge on any atom is 0.306 e. The molecule has 0 aromatic heterocycles. The van der Waals surface area contributed by atoms with Gasteiger partial charge in [0.1, 0.15) is 0 Å². The van der Waals surface area contributed by atoms with Crippen molar-refractivity contribution in [2.75, 3.05) is 0 Å². The summed E-state index contributed by atoms with van der Waals surface area (Å²) >= 11 is 0. The highest BCUT2D eigenvalue weighted by atomic mass is 16.4. The Morgan fingerprint density at radius 3 is 2.00 bits per heavy atom. The van der Waals surface area contributed by atoms with Gasteiger partial charge in [-0.1, -0.05) is 13.8 Å². The molecule has 0 spiro atoms. The van der Waals surface area contributed by atoms with Crippen molar-refractivity contribution in [3.05, 3.63) is 0 Å². The van der Waals surface area contributed by atoms with Gasteiger partial charge in [-0.3, -0.25) is 9.59 Å². The lowest BCUT2D eigenvalue weighted by Gasteiger charge is -2.14. The molecule has 0 fully saturated rings. The minimum atomic E-state index is -0.943. The van der Waals surface area contributed by atoms with Gasteiger partial charge in [-0.05, 0) is 12.3 Å². The molecule has 0 aromatic rings. The highest BCUT2D eigenvalue weighted by Gasteiger charge is 2.21. The lowest BCUT2D eigenvalue weighted by Crippen LogP contribution is -2.20. The van der Waals surface area contributed by atoms with E-state index >= 15 is 0 Å². The molecule has 70 valence electrons. The Balaban J connectivity index is 3.97. The Hall–Kier alpha value is -1.06. The third-order valence-electron chi connectivity index (χ3n) is 1.79. The highest BCUT2D eigenvalue weighted by molar-refractivity contribution is 5.72. The van der Waals surface area contributed by atoms with E-state index in [0.29, 0.717) is 0 Å². The molecule has 0 aromatic carbocycles. The van der Waals surface area contributed by atoms with Crippen LogP contribution in [0.5, 0.6) is 0 Å². The molecule has 0 saturated heterocycles. The largest absolute Gasteiger partial charge is 0.481 e. The van der Waals surface area contributed by atoms with Crippen molar-refractivity contribution in [2.45, 2.75) is 26.7 Å². The predicted molar refractivity (Wildman–Crippen MR) is 42.8 cm³/mol. The average Bonchev–Trinajstić information content (AvgIpc) is 1.84. The van der Waals surface area contributed by atoms with Crippen LogP contribution in [0.4, 0.5) is 0 Å². The van der Waals surface area contributed by atoms with Crippen molar-refractivity contribution in [2.24, 2.45) is 11.8 Å². The number of rotatable bonds is 5. The molecule has 0 heterocycles. The molecule has 0 aliphatic heterocycles. The number of hydrogen-bond acceptors (Lipinski definition) is 2. The summed E-state index contributed by atoms with van der Waals surface area (Å²) < 4.78 is 0. The molecule has 12 heavy (non-hydrogen) atoms. The molecule has 4 heteroatoms. The Morgan fingerprint density at radius 1 is 1.25 bits per heavy atom. The Kier molecular flexibility index (Phi) is 4.33. The van der Waals surface area contributed by atoms with Gasteiger partial charge < -0.3 is 10.2 Å². The zero-order valence-corrected chi connectivity index (χ0v) is 7.28. The van der Waals surface area contributed by atoms with E-state index < -0.39 is 17.9 Å². The monoisotopic (exact) mass is 174 g/mol. The summed E-state index contributed by atoms with van der Waals surface area (Å²) in [6.45, 7) is 3.56. The predicted octanol–water partition coefficient (Wildman–Crippen LogP) is 1.21. The summed E-state index contributed by atoms with van der Waals surface area (Å²) in [5, 5.41) is 17.0. The maximum absolute atomic E-state index is 10.6. The average molecular weight is 174 g/mol. The molecule has 0 radical (unpaired) electrons. The molecule has 0 bridgehead atoms. The standard InChI is InChI=1S/C8H14O4/c1-5(2)6(8(11)12)3-4-7(9)10/h5-6H,3-4H2,1-2H3,(H,9,10)(H,11,12)/t6-/m1/s1. The van der Waals surface area contributed by atoms with Gasteiger partial charge in [0.05, 0.1) is 5.92 Å². The van der Waals surface area contributed by atoms with Crippen LogP contribution in [0, 0.1) is 11.8 Å². The van der Waals surface area contributed by atoms with E-state index in [9.17, 15) is 9.59 Å². The third-order valence-corrected chi connectivity index (χ3v) is 1.79. The molecule has 0 saturated carbocycles. The Morgan fingerprint density at radius 2 is 1.75 bits per heavy atom. The molecule has 1 atom stereocenters. The first-order chi connectivity index (χ1) is 5.45. The van der Waals surface area contributed by atoms with Crippen LogP contribution in [0.15, 0.2) is 0 Å². The first-order valence-corrected chi connectivity index (χ1v) is 3.89. The van der Waals surface area contributed by atoms with E-state index in [1.54, 1.807) is 13.8 Å². The van der Waals surface area contributed by atoms with Gasteiger partial charge >= 0.3 is 11.9 Å². The van der Waals surface area contributed by atoms with Crippen molar-refractivity contribution in [3.63, 3.8) is 0 Å². The van der Waals surface area contributed by atoms with Gasteiger partial charge in [0.2, 0.25) is 0 Å². The normalized spacial score (nSPS) is 12.9. The summed E-state index contributed by atoms with van der Waals surface area (Å²) in [5.41, 5.74) is 0. The Bertz CT molecular complexity index is 174. The van der Waals surface area contributed by atoms with Crippen molar-refractivity contribution in [3.8, 4) is 0 Å². The van der Waals surface area contributed by atoms with Gasteiger partial charge in [0.15, 0.2) is 0 Å². The van der Waals surface area contributed by atoms with Gasteiger partial charge in [-0.25, -0.2) is 0 Å². The molecule has 0 aliphatic carbocycles. The molecule has 2 N–H and O–H groups in total. The van der Waals surface area contributed by atoms with Gasteiger partial charge in [-0.2, -0.15) is 0 Å². The van der Waals surface area contributed by atoms with Crippen LogP contribution in [-0.4, -0.2) is 22.2 Å². The van der Waals surface area contributed by atoms with E-state index in [2.05, 4.69) is 0 Å². The zero-order chi connectivity index (χ0) is 9.72. The summed E-state index contributed by atoms with van der Waals surface area (Å²) in [6, 6.07) is 0. The van der Waals surface area contributed by atoms with Crippen molar-refractivity contribution < 1.29 is 19.8 Å². The van der Waals surface area contributed by atoms with Crippen LogP contribution in [0.3, 0.4) is 0 Å². The molecule has 0 unspecified atom stereocenters. The second-order valence-electron chi connectivity index (χ2n) is 3.12. The van der Waals surface area contributed by atoms with Crippen LogP contribution >= 0.6 is 0 Å². The van der Waals surface area contributed by atoms with Crippen molar-refractivity contribution in [1.82, 2.24) is 0 Å². The lowest BCUT2D eigenvalue weighted by atomic mass is 9.91. The summed E-state index contributed by atoms with van der Waals surface area (Å²) in [6.07, 6.45) is 0.136. The molecule has 0 amide bonds. The quantitative estimate of drug-likeness (QED) is 0.656. The fourth-order valence-corrected chi connectivity index (χ4v) is 1.02. The summed E-state index contributed by atoms with van der Waals surface area (Å²) in [7, 11) is 0. The molecular weight excluding hydrogens is 160 g/mol. The second-order valence-corrected chi connectivity index (χ2v) is 3.12. The third kappa shape index (κ3) is 3.95. The first kappa shape index (κ1) is 10.9. The van der Waals surface area contributed by atoms with E-state index in [0.717, 1.165) is 0 Å². The molecule has 4 nitrogen and oxygen atoms in total. The summed E-state index contributed by atoms with van der Waals surface area (Å²) in [4.78, 5) is 20.7. The van der Waals surface area contributed by atoms with Crippen LogP contribution < -0.4 is 0 Å². The SMILES string of the molecule is CC(C)[C@@H](CCC(=O)O)C(=O)O. The number of carboxylic acids is 2. The van der Waals surface area contributed by atoms with E-state index in [1.165, 1.54) is 0 Å². The topological polar surface area (TPSA) is 74.6 Å². The first-order valence-electron chi connectivity index (χ1n) is 3.89. The zero-order valence-electron chi connectivity index (χ0n) is 7.28. The number of aliphatic carboxylic acids is 2. The van der Waals surface area contributed by atoms with Crippen LogP contribution in [0.25, 0.3) is 0 Å². The lowest BCUT2D eigenvalue weighted by molar-refractivity contribution is -0.144. The van der Waals surface area contributed by atoms with Gasteiger partial charge in [0.25, 0.3) is 0 Å². The second kappa shape index (κ2) is 4.74. The molecule has 0 aliphatic rings. The fourth-order valence-electron chi connectivity index (χ4n) is 1.02. The van der Waals surface area contributed by atoms with Crippen LogP contribution in [-0.2, 0) is 9.59 Å². The minimum Gasteiger partial charge on any atom is -0.481 e. The minimum absolute atomic E-state index is 0.0122. The van der Waals surface area contributed by atoms with Crippen molar-refractivity contribution >= 4 is 11.9 Å². The maximum atomic E-state index is 10.6. The van der Waals surface area contributed by atoms with Crippen molar-refractivity contribution in [1.29, 1.82) is 0 Å². The molecule has 0 rings (SSSR count). The number of carboxylic acid groups (broad SMARTS) is 2. The van der Waals surface area contributed by atoms with Crippen LogP contribution in [0.1, 0.15) is 26.7 Å². The van der Waals surface area contributed by atoms with E-state index in [4.69, 9.17) is 10.2 Å². The number of hydrogen-bond donors (Lipinski definition) is 2. The number of carbonyl (C=O) groups is 2. The van der Waals surface area contributed by atoms with E-state index in [-0.39, 0.29) is 18.8 Å². The fraction of sp³-hybridized carbons (Fsp3) is 0.750. The van der Waals surface area contributed by atoms with Crippen LogP contribution in [0.2, 0.25) is 0 Å². The Labute approximate surface area is 71.2 Å². The molecular formula is C8H14O4. The van der Waals surface area contributed by atoms with E-state index in [1.807, 2.05) is 0 Å². The van der Waals surface area contributed by atoms with Gasteiger partial charge in [-0.15, -0.1) is 0 Å². The van der Waals surface area contributed by atoms with Gasteiger partial charge in [0, 0.05) is 6.42 Å². The highest BCUT2D eigenvalue weighted by Crippen LogP contribution is 2.16.